The lowest BCUT2D eigenvalue weighted by Gasteiger charge is -2.40. The molecular weight excluding hydrogens is 959 g/mol. The number of aliphatic hydroxyl groups excluding tert-OH is 5. The second-order valence-electron chi connectivity index (χ2n) is 23.6. The molecule has 7 atom stereocenters. The second kappa shape index (κ2) is 57.6. The molecule has 1 amide bonds. The van der Waals surface area contributed by atoms with Crippen molar-refractivity contribution in [1.29, 1.82) is 0 Å². The average molecular weight is 1090 g/mol. The van der Waals surface area contributed by atoms with Gasteiger partial charge >= 0.3 is 0 Å². The van der Waals surface area contributed by atoms with Gasteiger partial charge in [0.05, 0.1) is 25.4 Å². The van der Waals surface area contributed by atoms with Crippen LogP contribution in [0, 0.1) is 0 Å². The highest BCUT2D eigenvalue weighted by Gasteiger charge is 2.44. The van der Waals surface area contributed by atoms with E-state index in [1.807, 2.05) is 6.08 Å². The molecule has 0 bridgehead atoms. The van der Waals surface area contributed by atoms with Crippen LogP contribution in [0.1, 0.15) is 335 Å². The molecule has 9 nitrogen and oxygen atoms in total. The molecule has 0 aliphatic carbocycles. The van der Waals surface area contributed by atoms with Crippen molar-refractivity contribution >= 4 is 5.91 Å². The molecule has 7 unspecified atom stereocenters. The molecule has 9 heteroatoms. The minimum absolute atomic E-state index is 0.172. The number of aliphatic hydroxyl groups is 5. The number of hydrogen-bond donors (Lipinski definition) is 6. The minimum atomic E-state index is -1.57. The minimum Gasteiger partial charge on any atom is -0.394 e. The zero-order valence-corrected chi connectivity index (χ0v) is 50.7. The molecule has 6 N–H and O–H groups in total. The van der Waals surface area contributed by atoms with Gasteiger partial charge in [0.25, 0.3) is 0 Å². The number of unbranched alkanes of at least 4 members (excludes halogenated alkanes) is 45. The van der Waals surface area contributed by atoms with Gasteiger partial charge in [-0.15, -0.1) is 0 Å². The van der Waals surface area contributed by atoms with Crippen LogP contribution in [0.15, 0.2) is 36.5 Å². The highest BCUT2D eigenvalue weighted by Crippen LogP contribution is 2.23. The van der Waals surface area contributed by atoms with E-state index in [1.165, 1.54) is 270 Å². The Hall–Kier alpha value is -1.59. The Morgan fingerprint density at radius 1 is 0.442 bits per heavy atom. The van der Waals surface area contributed by atoms with Gasteiger partial charge in [-0.05, 0) is 51.4 Å². The van der Waals surface area contributed by atoms with Gasteiger partial charge in [0.15, 0.2) is 6.29 Å². The van der Waals surface area contributed by atoms with Crippen molar-refractivity contribution in [2.24, 2.45) is 0 Å². The van der Waals surface area contributed by atoms with Gasteiger partial charge in [0, 0.05) is 6.42 Å². The van der Waals surface area contributed by atoms with Crippen LogP contribution in [-0.2, 0) is 14.3 Å². The van der Waals surface area contributed by atoms with Crippen molar-refractivity contribution in [2.45, 2.75) is 378 Å². The standard InChI is InChI=1S/C68H129NO8/c1-3-5-7-9-11-13-15-17-19-21-22-23-24-25-26-27-28-29-30-31-32-33-34-35-36-37-38-39-40-42-44-46-48-50-52-54-56-58-64(72)69-61(60-76-68-67(75)66(74)65(73)63(59-70)77-68)62(71)57-55-53-51-49-47-45-43-41-20-18-16-14-12-10-8-6-4-2/h26-27,29-30,55,57,61-63,65-68,70-71,73-75H,3-25,28,31-54,56,58-60H2,1-2H3,(H,69,72)/b27-26-,30-29-,57-55+. The summed E-state index contributed by atoms with van der Waals surface area (Å²) in [5, 5.41) is 54.6. The number of nitrogens with one attached hydrogen (secondary N) is 1. The summed E-state index contributed by atoms with van der Waals surface area (Å²) in [6.45, 7) is 3.82. The fourth-order valence-electron chi connectivity index (χ4n) is 10.9. The summed E-state index contributed by atoms with van der Waals surface area (Å²) < 4.78 is 11.3. The van der Waals surface area contributed by atoms with Gasteiger partial charge in [-0.25, -0.2) is 0 Å². The molecule has 0 spiro atoms. The van der Waals surface area contributed by atoms with Gasteiger partial charge in [-0.1, -0.05) is 314 Å². The second-order valence-corrected chi connectivity index (χ2v) is 23.6. The fraction of sp³-hybridized carbons (Fsp3) is 0.897. The molecule has 1 fully saturated rings. The summed E-state index contributed by atoms with van der Waals surface area (Å²) in [5.74, 6) is -0.172. The first-order chi connectivity index (χ1) is 37.8. The number of carbonyl (C=O) groups excluding carboxylic acids is 1. The lowest BCUT2D eigenvalue weighted by Crippen LogP contribution is -2.60. The molecule has 77 heavy (non-hydrogen) atoms. The highest BCUT2D eigenvalue weighted by molar-refractivity contribution is 5.76. The van der Waals surface area contributed by atoms with Crippen LogP contribution in [-0.4, -0.2) is 87.5 Å². The quantitative estimate of drug-likeness (QED) is 0.0261. The molecule has 1 aliphatic rings. The van der Waals surface area contributed by atoms with E-state index in [-0.39, 0.29) is 12.5 Å². The zero-order chi connectivity index (χ0) is 55.8. The number of rotatable bonds is 59. The summed E-state index contributed by atoms with van der Waals surface area (Å²) in [4.78, 5) is 13.1. The normalized spacial score (nSPS) is 18.9. The molecule has 0 aromatic heterocycles. The molecule has 1 aliphatic heterocycles. The van der Waals surface area contributed by atoms with E-state index < -0.39 is 49.5 Å². The van der Waals surface area contributed by atoms with Crippen LogP contribution in [0.3, 0.4) is 0 Å². The molecule has 0 aromatic rings. The third-order valence-electron chi connectivity index (χ3n) is 16.2. The fourth-order valence-corrected chi connectivity index (χ4v) is 10.9. The van der Waals surface area contributed by atoms with E-state index in [0.29, 0.717) is 6.42 Å². The molecular formula is C68H129NO8. The number of hydrogen-bond acceptors (Lipinski definition) is 8. The molecule has 0 aromatic carbocycles. The zero-order valence-electron chi connectivity index (χ0n) is 50.7. The first kappa shape index (κ1) is 73.4. The molecule has 0 saturated carbocycles. The summed E-state index contributed by atoms with van der Waals surface area (Å²) in [6, 6.07) is -0.804. The van der Waals surface area contributed by atoms with E-state index in [0.717, 1.165) is 44.9 Å². The van der Waals surface area contributed by atoms with E-state index in [1.54, 1.807) is 6.08 Å². The number of amides is 1. The Morgan fingerprint density at radius 2 is 0.766 bits per heavy atom. The predicted molar refractivity (Wildman–Crippen MR) is 327 cm³/mol. The molecule has 1 saturated heterocycles. The maximum absolute atomic E-state index is 13.1. The predicted octanol–water partition coefficient (Wildman–Crippen LogP) is 17.9. The lowest BCUT2D eigenvalue weighted by molar-refractivity contribution is -0.302. The third-order valence-corrected chi connectivity index (χ3v) is 16.2. The Kier molecular flexibility index (Phi) is 55.0. The molecule has 454 valence electrons. The van der Waals surface area contributed by atoms with E-state index >= 15 is 0 Å². The summed E-state index contributed by atoms with van der Waals surface area (Å²) in [5.41, 5.74) is 0. The smallest absolute Gasteiger partial charge is 0.220 e. The topological polar surface area (TPSA) is 149 Å². The van der Waals surface area contributed by atoms with Crippen LogP contribution in [0.5, 0.6) is 0 Å². The van der Waals surface area contributed by atoms with E-state index in [4.69, 9.17) is 9.47 Å². The maximum Gasteiger partial charge on any atom is 0.220 e. The third kappa shape index (κ3) is 46.7. The Balaban J connectivity index is 2.08. The van der Waals surface area contributed by atoms with Crippen LogP contribution in [0.2, 0.25) is 0 Å². The van der Waals surface area contributed by atoms with Gasteiger partial charge < -0.3 is 40.3 Å². The van der Waals surface area contributed by atoms with E-state index in [9.17, 15) is 30.3 Å². The lowest BCUT2D eigenvalue weighted by atomic mass is 9.99. The Labute approximate surface area is 476 Å². The van der Waals surface area contributed by atoms with Crippen LogP contribution >= 0.6 is 0 Å². The van der Waals surface area contributed by atoms with Gasteiger partial charge in [-0.3, -0.25) is 4.79 Å². The van der Waals surface area contributed by atoms with Crippen LogP contribution in [0.25, 0.3) is 0 Å². The molecule has 0 radical (unpaired) electrons. The maximum atomic E-state index is 13.1. The summed E-state index contributed by atoms with van der Waals surface area (Å²) >= 11 is 0. The first-order valence-corrected chi connectivity index (χ1v) is 33.7. The number of allylic oxidation sites excluding steroid dienone is 5. The first-order valence-electron chi connectivity index (χ1n) is 33.7. The van der Waals surface area contributed by atoms with Gasteiger partial charge in [-0.2, -0.15) is 0 Å². The van der Waals surface area contributed by atoms with Crippen molar-refractivity contribution in [3.63, 3.8) is 0 Å². The van der Waals surface area contributed by atoms with Crippen molar-refractivity contribution in [3.8, 4) is 0 Å². The number of carbonyl (C=O) groups is 1. The van der Waals surface area contributed by atoms with Gasteiger partial charge in [0.2, 0.25) is 5.91 Å². The average Bonchev–Trinajstić information content (AvgIpc) is 3.43. The molecule has 1 rings (SSSR count). The Bertz CT molecular complexity index is 1310. The van der Waals surface area contributed by atoms with Crippen LogP contribution < -0.4 is 5.32 Å². The molecule has 1 heterocycles. The monoisotopic (exact) mass is 1090 g/mol. The van der Waals surface area contributed by atoms with Crippen molar-refractivity contribution in [2.75, 3.05) is 13.2 Å². The SMILES string of the molecule is CCCCCCCCCCCCCCC/C=C\C/C=C\CCCCCCCCCCCCCCCCCCCC(=O)NC(COC1OC(CO)C(O)C(O)C1O)C(O)/C=C/CCCCCCCCCCCCCCCCC. The largest absolute Gasteiger partial charge is 0.394 e. The van der Waals surface area contributed by atoms with Crippen LogP contribution in [0.4, 0.5) is 0 Å². The van der Waals surface area contributed by atoms with Gasteiger partial charge in [0.1, 0.15) is 24.4 Å². The van der Waals surface area contributed by atoms with Crippen molar-refractivity contribution < 1.29 is 39.8 Å². The van der Waals surface area contributed by atoms with Crippen molar-refractivity contribution in [1.82, 2.24) is 5.32 Å². The highest BCUT2D eigenvalue weighted by atomic mass is 16.7. The Morgan fingerprint density at radius 3 is 1.12 bits per heavy atom. The summed E-state index contributed by atoms with van der Waals surface area (Å²) in [6.07, 6.45) is 69.7. The van der Waals surface area contributed by atoms with E-state index in [2.05, 4.69) is 43.5 Å². The number of ether oxygens (including phenoxy) is 2. The summed E-state index contributed by atoms with van der Waals surface area (Å²) in [7, 11) is 0. The van der Waals surface area contributed by atoms with Crippen molar-refractivity contribution in [3.05, 3.63) is 36.5 Å².